The number of aromatic amines is 1. The fourth-order valence-electron chi connectivity index (χ4n) is 6.39. The number of H-pyrrole nitrogens is 1. The maximum absolute atomic E-state index is 12.4. The second kappa shape index (κ2) is 18.5. The van der Waals surface area contributed by atoms with Crippen molar-refractivity contribution in [2.45, 2.75) is 131 Å². The van der Waals surface area contributed by atoms with Crippen molar-refractivity contribution in [1.29, 1.82) is 0 Å². The summed E-state index contributed by atoms with van der Waals surface area (Å²) in [5.74, 6) is 1.21. The minimum atomic E-state index is -3.44. The Labute approximate surface area is 336 Å². The van der Waals surface area contributed by atoms with Crippen LogP contribution in [-0.2, 0) is 24.3 Å². The van der Waals surface area contributed by atoms with E-state index in [0.717, 1.165) is 46.1 Å². The highest BCUT2D eigenvalue weighted by Gasteiger charge is 2.53. The number of carbonyl (C=O) groups is 3. The molecular weight excluding hydrogens is 755 g/mol. The van der Waals surface area contributed by atoms with E-state index in [1.807, 2.05) is 39.1 Å². The molecule has 1 aliphatic heterocycles. The van der Waals surface area contributed by atoms with E-state index in [9.17, 15) is 27.6 Å². The van der Waals surface area contributed by atoms with E-state index in [1.165, 1.54) is 4.90 Å². The first-order valence-corrected chi connectivity index (χ1v) is 21.9. The average molecular weight is 818 g/mol. The van der Waals surface area contributed by atoms with Gasteiger partial charge < -0.3 is 20.2 Å². The van der Waals surface area contributed by atoms with E-state index in [1.54, 1.807) is 58.3 Å². The number of methoxy groups -OCH3 is 1. The summed E-state index contributed by atoms with van der Waals surface area (Å²) in [6.45, 7) is 23.8. The quantitative estimate of drug-likeness (QED) is 0.206. The number of likely N-dealkylation sites (tertiary alicyclic amines) is 1. The van der Waals surface area contributed by atoms with Gasteiger partial charge in [-0.1, -0.05) is 48.5 Å². The molecule has 3 fully saturated rings. The van der Waals surface area contributed by atoms with Gasteiger partial charge in [0.1, 0.15) is 22.4 Å². The van der Waals surface area contributed by atoms with Crippen LogP contribution in [-0.4, -0.2) is 71.2 Å². The first-order chi connectivity index (χ1) is 26.0. The van der Waals surface area contributed by atoms with Gasteiger partial charge in [-0.15, -0.1) is 11.3 Å². The number of fused-ring (bicyclic) bond motifs is 1. The molecule has 3 heterocycles. The first-order valence-electron chi connectivity index (χ1n) is 19.5. The molecule has 3 aromatic rings. The van der Waals surface area contributed by atoms with Gasteiger partial charge in [-0.05, 0) is 96.1 Å². The molecule has 13 nitrogen and oxygen atoms in total. The number of nitrogens with zero attached hydrogens (tertiary/aromatic N) is 2. The largest absolute Gasteiger partial charge is 0.496 e. The molecule has 312 valence electrons. The van der Waals surface area contributed by atoms with Crippen molar-refractivity contribution in [1.82, 2.24) is 19.6 Å². The lowest BCUT2D eigenvalue weighted by atomic mass is 10.0. The van der Waals surface area contributed by atoms with Gasteiger partial charge >= 0.3 is 6.09 Å². The Kier molecular flexibility index (Phi) is 15.3. The van der Waals surface area contributed by atoms with Crippen LogP contribution < -0.4 is 20.6 Å². The standard InChI is InChI=1S/C17H18N2O2S.C11H20N2O3.C11H19NO3S.C2H6/c1-9(2)13-8-22-17(19-13)12-7-14(20)11-5-6-15(21-4)10(3)16(11)18-12;1-7-5-6-13(8(7)9(12)14)10(15)16-11(2,3)4;1-7(2)8-6-9(8)10(13)12-16(14,15)11(3)4-5-11;1-2/h5-9H,1-4H3,(H,18,20);7-8H,5-6H2,1-4H3,(H2,12,14);7-9H,4-6H2,1-3H3,(H,12,13);1-2H3. The second-order valence-corrected chi connectivity index (χ2v) is 19.6. The smallest absolute Gasteiger partial charge is 0.410 e. The number of hydrogen-bond acceptors (Lipinski definition) is 10. The Morgan fingerprint density at radius 3 is 2.23 bits per heavy atom. The third kappa shape index (κ3) is 11.3. The number of ether oxygens (including phenoxy) is 2. The van der Waals surface area contributed by atoms with E-state index in [0.29, 0.717) is 42.5 Å². The highest BCUT2D eigenvalue weighted by molar-refractivity contribution is 7.91. The van der Waals surface area contributed by atoms with Crippen LogP contribution in [0.2, 0.25) is 0 Å². The van der Waals surface area contributed by atoms with Gasteiger partial charge in [0.2, 0.25) is 21.8 Å². The van der Waals surface area contributed by atoms with Gasteiger partial charge in [0.05, 0.1) is 28.8 Å². The van der Waals surface area contributed by atoms with Crippen LogP contribution in [0.25, 0.3) is 21.6 Å². The fraction of sp³-hybridized carbons (Fsp3) is 0.634. The number of nitrogens with one attached hydrogen (secondary N) is 2. The molecule has 1 saturated heterocycles. The highest BCUT2D eigenvalue weighted by Crippen LogP contribution is 2.46. The number of rotatable bonds is 8. The number of thiazole rings is 1. The summed E-state index contributed by atoms with van der Waals surface area (Å²) in [6, 6.07) is 4.71. The van der Waals surface area contributed by atoms with Crippen LogP contribution >= 0.6 is 11.3 Å². The van der Waals surface area contributed by atoms with Gasteiger partial charge in [-0.2, -0.15) is 0 Å². The highest BCUT2D eigenvalue weighted by atomic mass is 32.2. The number of aryl methyl sites for hydroxylation is 1. The summed E-state index contributed by atoms with van der Waals surface area (Å²) in [7, 11) is -1.81. The van der Waals surface area contributed by atoms with Gasteiger partial charge in [-0.25, -0.2) is 18.2 Å². The lowest BCUT2D eigenvalue weighted by molar-refractivity contribution is -0.123. The summed E-state index contributed by atoms with van der Waals surface area (Å²) in [4.78, 5) is 56.6. The zero-order valence-electron chi connectivity index (χ0n) is 35.4. The van der Waals surface area contributed by atoms with E-state index in [4.69, 9.17) is 15.2 Å². The van der Waals surface area contributed by atoms with Crippen LogP contribution in [0.4, 0.5) is 4.79 Å². The second-order valence-electron chi connectivity index (χ2n) is 16.6. The number of aromatic nitrogens is 2. The molecule has 15 heteroatoms. The number of primary amides is 1. The van der Waals surface area contributed by atoms with Crippen molar-refractivity contribution in [3.05, 3.63) is 45.1 Å². The lowest BCUT2D eigenvalue weighted by Gasteiger charge is -2.28. The minimum Gasteiger partial charge on any atom is -0.496 e. The van der Waals surface area contributed by atoms with Crippen molar-refractivity contribution in [2.75, 3.05) is 13.7 Å². The Morgan fingerprint density at radius 2 is 1.75 bits per heavy atom. The maximum Gasteiger partial charge on any atom is 0.410 e. The predicted molar refractivity (Wildman–Crippen MR) is 223 cm³/mol. The monoisotopic (exact) mass is 817 g/mol. The summed E-state index contributed by atoms with van der Waals surface area (Å²) >= 11 is 1.55. The number of benzene rings is 1. The number of nitrogens with two attached hydrogens (primary N) is 1. The Bertz CT molecular complexity index is 2030. The van der Waals surface area contributed by atoms with E-state index in [2.05, 4.69) is 42.4 Å². The average Bonchev–Trinajstić information content (AvgIpc) is 3.98. The van der Waals surface area contributed by atoms with Crippen molar-refractivity contribution in [3.63, 3.8) is 0 Å². The zero-order chi connectivity index (χ0) is 42.5. The number of hydrogen-bond donors (Lipinski definition) is 3. The Balaban J connectivity index is 0.000000225. The summed E-state index contributed by atoms with van der Waals surface area (Å²) < 4.78 is 35.7. The zero-order valence-corrected chi connectivity index (χ0v) is 37.0. The van der Waals surface area contributed by atoms with Gasteiger partial charge in [0, 0.05) is 34.9 Å². The predicted octanol–water partition coefficient (Wildman–Crippen LogP) is 7.51. The molecule has 3 amide bonds. The number of amides is 3. The molecule has 6 rings (SSSR count). The van der Waals surface area contributed by atoms with Gasteiger partial charge in [-0.3, -0.25) is 24.0 Å². The SMILES string of the molecule is CC.CC(C)C1CC1C(=O)NS(=O)(=O)C1(C)CC1.CC1CCN(C(=O)OC(C)(C)C)C1C(N)=O.COc1ccc2c(=O)cc(-c3nc(C(C)C)cs3)[nH]c2c1C. The lowest BCUT2D eigenvalue weighted by Crippen LogP contribution is -2.47. The molecule has 4 atom stereocenters. The molecule has 4 N–H and O–H groups in total. The molecule has 2 saturated carbocycles. The number of pyridine rings is 1. The van der Waals surface area contributed by atoms with E-state index < -0.39 is 38.4 Å². The summed E-state index contributed by atoms with van der Waals surface area (Å²) in [5, 5.41) is 3.55. The normalized spacial score (nSPS) is 20.8. The Morgan fingerprint density at radius 1 is 1.12 bits per heavy atom. The summed E-state index contributed by atoms with van der Waals surface area (Å²) in [6.07, 6.45) is 2.48. The van der Waals surface area contributed by atoms with Crippen molar-refractivity contribution < 1.29 is 32.3 Å². The van der Waals surface area contributed by atoms with Crippen LogP contribution in [0.15, 0.2) is 28.4 Å². The van der Waals surface area contributed by atoms with Crippen LogP contribution in [0.5, 0.6) is 5.75 Å². The molecule has 0 radical (unpaired) electrons. The van der Waals surface area contributed by atoms with Gasteiger partial charge in [0.15, 0.2) is 5.43 Å². The topological polar surface area (TPSA) is 191 Å². The molecule has 3 aliphatic rings. The third-order valence-electron chi connectivity index (χ3n) is 10.3. The molecule has 56 heavy (non-hydrogen) atoms. The van der Waals surface area contributed by atoms with Gasteiger partial charge in [0.25, 0.3) is 0 Å². The molecular formula is C41H63N5O8S2. The minimum absolute atomic E-state index is 0.00389. The molecule has 4 unspecified atom stereocenters. The molecule has 0 spiro atoms. The molecule has 0 bridgehead atoms. The summed E-state index contributed by atoms with van der Waals surface area (Å²) in [5.41, 5.74) is 8.28. The van der Waals surface area contributed by atoms with Crippen LogP contribution in [0, 0.1) is 30.6 Å². The van der Waals surface area contributed by atoms with E-state index >= 15 is 0 Å². The Hall–Kier alpha value is -3.98. The van der Waals surface area contributed by atoms with E-state index in [-0.39, 0.29) is 23.2 Å². The van der Waals surface area contributed by atoms with Crippen LogP contribution in [0.1, 0.15) is 119 Å². The fourth-order valence-corrected chi connectivity index (χ4v) is 8.64. The first kappa shape index (κ1) is 46.4. The van der Waals surface area contributed by atoms with Crippen molar-refractivity contribution >= 4 is 50.2 Å². The van der Waals surface area contributed by atoms with Crippen molar-refractivity contribution in [2.24, 2.45) is 29.4 Å². The number of sulfonamides is 1. The van der Waals surface area contributed by atoms with Crippen LogP contribution in [0.3, 0.4) is 0 Å². The maximum atomic E-state index is 12.4. The number of carbonyl (C=O) groups excluding carboxylic acids is 3. The van der Waals surface area contributed by atoms with Crippen molar-refractivity contribution in [3.8, 4) is 16.5 Å². The molecule has 1 aromatic carbocycles. The molecule has 2 aliphatic carbocycles. The third-order valence-corrected chi connectivity index (χ3v) is 13.3. The molecule has 2 aromatic heterocycles.